The number of benzene rings is 4. The second kappa shape index (κ2) is 15.5. The van der Waals surface area contributed by atoms with Crippen molar-refractivity contribution in [3.63, 3.8) is 0 Å². The van der Waals surface area contributed by atoms with Crippen molar-refractivity contribution >= 4 is 27.5 Å². The molecular weight excluding hydrogens is 618 g/mol. The van der Waals surface area contributed by atoms with E-state index in [4.69, 9.17) is 14.2 Å². The van der Waals surface area contributed by atoms with E-state index >= 15 is 0 Å². The van der Waals surface area contributed by atoms with Crippen LogP contribution in [-0.2, 0) is 32.6 Å². The molecule has 1 aliphatic heterocycles. The fraction of sp³-hybridized carbons (Fsp3) is 0.278. The average Bonchev–Trinajstić information content (AvgIpc) is 3.11. The summed E-state index contributed by atoms with van der Waals surface area (Å²) >= 11 is 0. The molecule has 11 heteroatoms. The van der Waals surface area contributed by atoms with Crippen molar-refractivity contribution < 1.29 is 32.2 Å². The zero-order valence-corrected chi connectivity index (χ0v) is 27.3. The molecule has 246 valence electrons. The van der Waals surface area contributed by atoms with Crippen molar-refractivity contribution in [2.75, 3.05) is 37.7 Å². The number of nitrogens with zero attached hydrogens (tertiary/aromatic N) is 2. The van der Waals surface area contributed by atoms with Crippen molar-refractivity contribution in [2.24, 2.45) is 0 Å². The van der Waals surface area contributed by atoms with Gasteiger partial charge in [0, 0.05) is 25.6 Å². The van der Waals surface area contributed by atoms with Gasteiger partial charge >= 0.3 is 0 Å². The second-order valence-electron chi connectivity index (χ2n) is 11.0. The summed E-state index contributed by atoms with van der Waals surface area (Å²) in [7, 11) is -2.69. The number of anilines is 1. The summed E-state index contributed by atoms with van der Waals surface area (Å²) in [5, 5.41) is 2.95. The third-order valence-electron chi connectivity index (χ3n) is 7.73. The Labute approximate surface area is 275 Å². The minimum atomic E-state index is -4.24. The average molecular weight is 658 g/mol. The van der Waals surface area contributed by atoms with Crippen molar-refractivity contribution in [1.29, 1.82) is 0 Å². The second-order valence-corrected chi connectivity index (χ2v) is 12.9. The maximum absolute atomic E-state index is 14.6. The molecule has 0 bridgehead atoms. The molecule has 0 spiro atoms. The molecule has 0 saturated carbocycles. The van der Waals surface area contributed by atoms with E-state index in [0.29, 0.717) is 43.4 Å². The molecule has 10 nitrogen and oxygen atoms in total. The fourth-order valence-electron chi connectivity index (χ4n) is 5.32. The quantitative estimate of drug-likeness (QED) is 0.207. The number of nitrogens with one attached hydrogen (secondary N) is 1. The number of ether oxygens (including phenoxy) is 3. The first kappa shape index (κ1) is 33.3. The minimum Gasteiger partial charge on any atom is -0.497 e. The predicted molar refractivity (Wildman–Crippen MR) is 179 cm³/mol. The molecule has 0 aromatic heterocycles. The number of carbonyl (C=O) groups excluding carboxylic acids is 2. The van der Waals surface area contributed by atoms with Crippen LogP contribution in [0.15, 0.2) is 108 Å². The molecule has 0 radical (unpaired) electrons. The summed E-state index contributed by atoms with van der Waals surface area (Å²) < 4.78 is 46.3. The van der Waals surface area contributed by atoms with E-state index in [-0.39, 0.29) is 29.5 Å². The van der Waals surface area contributed by atoms with Crippen LogP contribution < -0.4 is 23.8 Å². The van der Waals surface area contributed by atoms with Crippen molar-refractivity contribution in [2.45, 2.75) is 37.2 Å². The minimum absolute atomic E-state index is 0.0172. The molecule has 0 saturated heterocycles. The van der Waals surface area contributed by atoms with Gasteiger partial charge in [-0.1, -0.05) is 67.6 Å². The van der Waals surface area contributed by atoms with Gasteiger partial charge < -0.3 is 24.4 Å². The van der Waals surface area contributed by atoms with E-state index in [1.54, 1.807) is 55.6 Å². The summed E-state index contributed by atoms with van der Waals surface area (Å²) in [4.78, 5) is 29.9. The Kier molecular flexibility index (Phi) is 11.0. The molecule has 2 amide bonds. The van der Waals surface area contributed by atoms with Crippen LogP contribution >= 0.6 is 0 Å². The highest BCUT2D eigenvalue weighted by atomic mass is 32.2. The molecule has 4 aromatic rings. The molecule has 4 aromatic carbocycles. The van der Waals surface area contributed by atoms with Crippen LogP contribution in [0.1, 0.15) is 24.5 Å². The fourth-order valence-corrected chi connectivity index (χ4v) is 6.75. The smallest absolute Gasteiger partial charge is 0.264 e. The van der Waals surface area contributed by atoms with Crippen molar-refractivity contribution in [1.82, 2.24) is 10.2 Å². The maximum atomic E-state index is 14.6. The number of sulfonamides is 1. The number of methoxy groups -OCH3 is 1. The largest absolute Gasteiger partial charge is 0.497 e. The first-order chi connectivity index (χ1) is 22.8. The summed E-state index contributed by atoms with van der Waals surface area (Å²) in [5.74, 6) is 0.565. The molecule has 0 aliphatic carbocycles. The number of carbonyl (C=O) groups is 2. The first-order valence-electron chi connectivity index (χ1n) is 15.5. The van der Waals surface area contributed by atoms with Gasteiger partial charge in [-0.25, -0.2) is 8.42 Å². The Bertz CT molecular complexity index is 1770. The Balaban J connectivity index is 1.58. The topological polar surface area (TPSA) is 114 Å². The monoisotopic (exact) mass is 657 g/mol. The van der Waals surface area contributed by atoms with E-state index in [1.807, 2.05) is 49.4 Å². The number of rotatable bonds is 14. The zero-order valence-electron chi connectivity index (χ0n) is 26.5. The maximum Gasteiger partial charge on any atom is 0.264 e. The normalized spacial score (nSPS) is 12.9. The SMILES string of the molecule is CCCNC(=O)[C@@H](Cc1ccccc1)N(Cc1cccc(OC)c1)C(=O)CN(c1ccc2c(c1)OCCO2)S(=O)(=O)c1ccccc1. The van der Waals surface area contributed by atoms with E-state index in [0.717, 1.165) is 15.4 Å². The van der Waals surface area contributed by atoms with Crippen LogP contribution in [0.25, 0.3) is 0 Å². The zero-order chi connectivity index (χ0) is 33.2. The molecular formula is C36H39N3O7S. The van der Waals surface area contributed by atoms with E-state index < -0.39 is 28.5 Å². The van der Waals surface area contributed by atoms with Crippen LogP contribution in [0.2, 0.25) is 0 Å². The van der Waals surface area contributed by atoms with Crippen LogP contribution in [0.3, 0.4) is 0 Å². The Morgan fingerprint density at radius 3 is 2.23 bits per heavy atom. The van der Waals surface area contributed by atoms with Gasteiger partial charge in [-0.05, 0) is 53.9 Å². The van der Waals surface area contributed by atoms with Gasteiger partial charge in [-0.2, -0.15) is 0 Å². The van der Waals surface area contributed by atoms with Crippen LogP contribution in [0.4, 0.5) is 5.69 Å². The molecule has 1 heterocycles. The Morgan fingerprint density at radius 1 is 0.851 bits per heavy atom. The van der Waals surface area contributed by atoms with Gasteiger partial charge in [0.05, 0.1) is 17.7 Å². The lowest BCUT2D eigenvalue weighted by atomic mass is 10.0. The Morgan fingerprint density at radius 2 is 1.53 bits per heavy atom. The molecule has 0 fully saturated rings. The molecule has 47 heavy (non-hydrogen) atoms. The van der Waals surface area contributed by atoms with Gasteiger partial charge in [-0.15, -0.1) is 0 Å². The number of amides is 2. The summed E-state index contributed by atoms with van der Waals surface area (Å²) in [6.07, 6.45) is 0.933. The lowest BCUT2D eigenvalue weighted by Crippen LogP contribution is -2.53. The molecule has 5 rings (SSSR count). The first-order valence-corrected chi connectivity index (χ1v) is 17.0. The Hall–Kier alpha value is -5.03. The van der Waals surface area contributed by atoms with Gasteiger partial charge in [0.15, 0.2) is 11.5 Å². The van der Waals surface area contributed by atoms with Crippen molar-refractivity contribution in [3.05, 3.63) is 114 Å². The van der Waals surface area contributed by atoms with Gasteiger partial charge in [-0.3, -0.25) is 13.9 Å². The van der Waals surface area contributed by atoms with Crippen LogP contribution in [-0.4, -0.2) is 64.6 Å². The highest BCUT2D eigenvalue weighted by Crippen LogP contribution is 2.36. The number of hydrogen-bond donors (Lipinski definition) is 1. The van der Waals surface area contributed by atoms with Crippen LogP contribution in [0.5, 0.6) is 17.2 Å². The third kappa shape index (κ3) is 8.23. The molecule has 1 N–H and O–H groups in total. The number of hydrogen-bond acceptors (Lipinski definition) is 7. The van der Waals surface area contributed by atoms with Crippen molar-refractivity contribution in [3.8, 4) is 17.2 Å². The van der Waals surface area contributed by atoms with E-state index in [9.17, 15) is 18.0 Å². The summed E-state index contributed by atoms with van der Waals surface area (Å²) in [6.45, 7) is 2.52. The molecule has 1 aliphatic rings. The number of fused-ring (bicyclic) bond motifs is 1. The highest BCUT2D eigenvalue weighted by Gasteiger charge is 2.35. The van der Waals surface area contributed by atoms with Crippen LogP contribution in [0, 0.1) is 0 Å². The highest BCUT2D eigenvalue weighted by molar-refractivity contribution is 7.92. The lowest BCUT2D eigenvalue weighted by molar-refractivity contribution is -0.140. The lowest BCUT2D eigenvalue weighted by Gasteiger charge is -2.34. The molecule has 0 unspecified atom stereocenters. The van der Waals surface area contributed by atoms with Gasteiger partial charge in [0.25, 0.3) is 10.0 Å². The van der Waals surface area contributed by atoms with Gasteiger partial charge in [0.2, 0.25) is 11.8 Å². The third-order valence-corrected chi connectivity index (χ3v) is 9.52. The molecule has 1 atom stereocenters. The van der Waals surface area contributed by atoms with E-state index in [1.165, 1.54) is 17.0 Å². The summed E-state index contributed by atoms with van der Waals surface area (Å²) in [6, 6.07) is 28.4. The van der Waals surface area contributed by atoms with Gasteiger partial charge in [0.1, 0.15) is 31.5 Å². The van der Waals surface area contributed by atoms with E-state index in [2.05, 4.69) is 5.32 Å². The standard InChI is InChI=1S/C36H39N3O7S/c1-3-19-37-36(41)32(23-27-11-6-4-7-12-27)38(25-28-13-10-14-30(22-28)44-2)35(40)26-39(47(42,43)31-15-8-5-9-16-31)29-17-18-33-34(24-29)46-21-20-45-33/h4-18,22,24,32H,3,19-21,23,25-26H2,1-2H3,(H,37,41)/t32-/m1/s1. The predicted octanol–water partition coefficient (Wildman–Crippen LogP) is 4.83. The summed E-state index contributed by atoms with van der Waals surface area (Å²) in [5.41, 5.74) is 1.80.